The van der Waals surface area contributed by atoms with Crippen LogP contribution in [0.5, 0.6) is 0 Å². The van der Waals surface area contributed by atoms with E-state index in [9.17, 15) is 13.2 Å². The molecule has 2 heterocycles. The highest BCUT2D eigenvalue weighted by molar-refractivity contribution is 9.09. The van der Waals surface area contributed by atoms with E-state index in [1.54, 1.807) is 53.5 Å². The Morgan fingerprint density at radius 1 is 1.00 bits per heavy atom. The molecule has 0 aliphatic rings. The Bertz CT molecular complexity index is 1390. The monoisotopic (exact) mass is 529 g/mol. The van der Waals surface area contributed by atoms with Crippen molar-refractivity contribution in [1.82, 2.24) is 19.7 Å². The van der Waals surface area contributed by atoms with Gasteiger partial charge in [0.25, 0.3) is 0 Å². The summed E-state index contributed by atoms with van der Waals surface area (Å²) in [5.41, 5.74) is 3.25. The molecule has 12 heteroatoms. The number of hydrogen-bond donors (Lipinski definition) is 3. The number of fused-ring (bicyclic) bond motifs is 1. The number of alkyl halides is 1. The first-order valence-corrected chi connectivity index (χ1v) is 12.8. The van der Waals surface area contributed by atoms with Crippen LogP contribution >= 0.6 is 15.9 Å². The number of benzene rings is 2. The second kappa shape index (κ2) is 9.55. The van der Waals surface area contributed by atoms with Gasteiger partial charge in [0.1, 0.15) is 0 Å². The number of carbonyl (C=O) groups is 1. The molecule has 33 heavy (non-hydrogen) atoms. The van der Waals surface area contributed by atoms with Crippen molar-refractivity contribution in [3.8, 4) is 5.69 Å². The zero-order valence-electron chi connectivity index (χ0n) is 17.5. The van der Waals surface area contributed by atoms with Gasteiger partial charge in [-0.15, -0.1) is 0 Å². The largest absolute Gasteiger partial charge is 0.326 e. The predicted molar refractivity (Wildman–Crippen MR) is 132 cm³/mol. The fourth-order valence-electron chi connectivity index (χ4n) is 3.03. The van der Waals surface area contributed by atoms with Gasteiger partial charge in [-0.3, -0.25) is 9.52 Å². The van der Waals surface area contributed by atoms with Crippen molar-refractivity contribution in [3.63, 3.8) is 0 Å². The molecule has 0 spiro atoms. The van der Waals surface area contributed by atoms with Gasteiger partial charge in [-0.2, -0.15) is 10.1 Å². The molecule has 1 amide bonds. The zero-order chi connectivity index (χ0) is 23.4. The van der Waals surface area contributed by atoms with Crippen molar-refractivity contribution in [3.05, 3.63) is 60.9 Å². The first-order valence-electron chi connectivity index (χ1n) is 9.83. The number of aromatic nitrogens is 4. The first kappa shape index (κ1) is 22.7. The molecule has 0 bridgehead atoms. The number of amides is 1. The van der Waals surface area contributed by atoms with Crippen LogP contribution in [0.1, 0.15) is 6.42 Å². The summed E-state index contributed by atoms with van der Waals surface area (Å²) < 4.78 is 26.8. The van der Waals surface area contributed by atoms with Gasteiger partial charge in [0.05, 0.1) is 23.5 Å². The Labute approximate surface area is 198 Å². The minimum absolute atomic E-state index is 0.0623. The van der Waals surface area contributed by atoms with Gasteiger partial charge >= 0.3 is 0 Å². The van der Waals surface area contributed by atoms with Gasteiger partial charge in [0.15, 0.2) is 5.65 Å². The lowest BCUT2D eigenvalue weighted by atomic mass is 10.2. The van der Waals surface area contributed by atoms with Crippen LogP contribution < -0.4 is 15.4 Å². The highest BCUT2D eigenvalue weighted by Gasteiger charge is 2.10. The number of nitrogens with zero attached hydrogens (tertiary/aromatic N) is 4. The number of anilines is 4. The second-order valence-corrected chi connectivity index (χ2v) is 9.68. The maximum absolute atomic E-state index is 11.8. The number of rotatable bonds is 8. The lowest BCUT2D eigenvalue weighted by Crippen LogP contribution is -2.11. The molecule has 2 aromatic carbocycles. The van der Waals surface area contributed by atoms with Crippen molar-refractivity contribution in [2.24, 2.45) is 0 Å². The van der Waals surface area contributed by atoms with Crippen molar-refractivity contribution < 1.29 is 13.2 Å². The quantitative estimate of drug-likeness (QED) is 0.297. The van der Waals surface area contributed by atoms with E-state index in [0.717, 1.165) is 17.3 Å². The molecule has 0 fully saturated rings. The molecular weight excluding hydrogens is 510 g/mol. The topological polar surface area (TPSA) is 131 Å². The van der Waals surface area contributed by atoms with Gasteiger partial charge < -0.3 is 10.6 Å². The number of hydrogen-bond acceptors (Lipinski definition) is 7. The molecule has 10 nitrogen and oxygen atoms in total. The average molecular weight is 530 g/mol. The average Bonchev–Trinajstić information content (AvgIpc) is 3.18. The smallest absolute Gasteiger partial charge is 0.229 e. The van der Waals surface area contributed by atoms with Gasteiger partial charge in [0.2, 0.25) is 21.9 Å². The number of halogens is 1. The summed E-state index contributed by atoms with van der Waals surface area (Å²) in [6.07, 6.45) is 4.84. The Morgan fingerprint density at radius 3 is 2.33 bits per heavy atom. The molecule has 3 N–H and O–H groups in total. The summed E-state index contributed by atoms with van der Waals surface area (Å²) in [5.74, 6) is 0.305. The Balaban J connectivity index is 1.53. The maximum atomic E-state index is 11.8. The normalized spacial score (nSPS) is 11.3. The van der Waals surface area contributed by atoms with Crippen molar-refractivity contribution in [2.45, 2.75) is 6.42 Å². The standard InChI is InChI=1S/C21H20BrN7O3S/c1-33(31,32)28-17-4-2-16(3-5-17)26-21-23-12-14-13-24-29(20(14)27-21)18-8-6-15(7-9-18)25-19(30)10-11-22/h2-9,12-13,28H,10-11H2,1H3,(H,25,30)(H,23,26,27). The molecule has 0 saturated heterocycles. The van der Waals surface area contributed by atoms with Gasteiger partial charge in [-0.1, -0.05) is 15.9 Å². The summed E-state index contributed by atoms with van der Waals surface area (Å²) in [7, 11) is -3.34. The van der Waals surface area contributed by atoms with E-state index in [1.807, 2.05) is 12.1 Å². The Kier molecular flexibility index (Phi) is 6.56. The minimum Gasteiger partial charge on any atom is -0.326 e. The van der Waals surface area contributed by atoms with E-state index in [-0.39, 0.29) is 5.91 Å². The van der Waals surface area contributed by atoms with Crippen LogP contribution in [0.4, 0.5) is 23.0 Å². The number of nitrogens with one attached hydrogen (secondary N) is 3. The summed E-state index contributed by atoms with van der Waals surface area (Å²) in [6.45, 7) is 0. The van der Waals surface area contributed by atoms with Gasteiger partial charge in [-0.25, -0.2) is 18.1 Å². The lowest BCUT2D eigenvalue weighted by Gasteiger charge is -2.09. The lowest BCUT2D eigenvalue weighted by molar-refractivity contribution is -0.115. The second-order valence-electron chi connectivity index (χ2n) is 7.14. The van der Waals surface area contributed by atoms with E-state index >= 15 is 0 Å². The molecular formula is C21H20BrN7O3S. The third-order valence-electron chi connectivity index (χ3n) is 4.47. The van der Waals surface area contributed by atoms with Crippen LogP contribution in [-0.2, 0) is 14.8 Å². The molecule has 0 aliphatic carbocycles. The van der Waals surface area contributed by atoms with E-state index in [0.29, 0.717) is 40.4 Å². The SMILES string of the molecule is CS(=O)(=O)Nc1ccc(Nc2ncc3cnn(-c4ccc(NC(=O)CCBr)cc4)c3n2)cc1. The van der Waals surface area contributed by atoms with Crippen molar-refractivity contribution >= 4 is 65.9 Å². The number of carbonyl (C=O) groups excluding carboxylic acids is 1. The minimum atomic E-state index is -3.34. The van der Waals surface area contributed by atoms with Crippen LogP contribution in [0, 0.1) is 0 Å². The van der Waals surface area contributed by atoms with E-state index in [1.165, 1.54) is 0 Å². The van der Waals surface area contributed by atoms with Crippen LogP contribution in [0.15, 0.2) is 60.9 Å². The van der Waals surface area contributed by atoms with Crippen molar-refractivity contribution in [2.75, 3.05) is 26.9 Å². The molecule has 0 unspecified atom stereocenters. The zero-order valence-corrected chi connectivity index (χ0v) is 19.9. The van der Waals surface area contributed by atoms with Gasteiger partial charge in [-0.05, 0) is 48.5 Å². The molecule has 0 aliphatic heterocycles. The van der Waals surface area contributed by atoms with Gasteiger partial charge in [0, 0.05) is 35.0 Å². The fraction of sp³-hybridized carbons (Fsp3) is 0.143. The van der Waals surface area contributed by atoms with E-state index in [2.05, 4.69) is 46.4 Å². The third kappa shape index (κ3) is 5.84. The summed E-state index contributed by atoms with van der Waals surface area (Å²) in [5, 5.41) is 11.7. The molecule has 4 rings (SSSR count). The Morgan fingerprint density at radius 2 is 1.67 bits per heavy atom. The highest BCUT2D eigenvalue weighted by Crippen LogP contribution is 2.21. The predicted octanol–water partition coefficient (Wildman–Crippen LogP) is 3.65. The third-order valence-corrected chi connectivity index (χ3v) is 5.47. The molecule has 2 aromatic heterocycles. The first-order chi connectivity index (χ1) is 15.8. The molecule has 170 valence electrons. The van der Waals surface area contributed by atoms with Crippen molar-refractivity contribution in [1.29, 1.82) is 0 Å². The van der Waals surface area contributed by atoms with Crippen LogP contribution in [0.2, 0.25) is 0 Å². The van der Waals surface area contributed by atoms with Crippen LogP contribution in [0.3, 0.4) is 0 Å². The highest BCUT2D eigenvalue weighted by atomic mass is 79.9. The van der Waals surface area contributed by atoms with E-state index in [4.69, 9.17) is 0 Å². The number of sulfonamides is 1. The van der Waals surface area contributed by atoms with Crippen LogP contribution in [0.25, 0.3) is 16.7 Å². The maximum Gasteiger partial charge on any atom is 0.229 e. The Hall–Kier alpha value is -3.51. The molecule has 0 atom stereocenters. The fourth-order valence-corrected chi connectivity index (χ4v) is 3.95. The van der Waals surface area contributed by atoms with E-state index < -0.39 is 10.0 Å². The summed E-state index contributed by atoms with van der Waals surface area (Å²) in [4.78, 5) is 20.6. The molecule has 4 aromatic rings. The molecule has 0 saturated carbocycles. The molecule has 0 radical (unpaired) electrons. The summed E-state index contributed by atoms with van der Waals surface area (Å²) >= 11 is 3.25. The summed E-state index contributed by atoms with van der Waals surface area (Å²) in [6, 6.07) is 14.0. The van der Waals surface area contributed by atoms with Crippen LogP contribution in [-0.4, -0.2) is 45.7 Å².